The molecule has 0 radical (unpaired) electrons. The van der Waals surface area contributed by atoms with Gasteiger partial charge in [-0.2, -0.15) is 0 Å². The van der Waals surface area contributed by atoms with Gasteiger partial charge in [0.2, 0.25) is 0 Å². The highest BCUT2D eigenvalue weighted by molar-refractivity contribution is 8.13. The van der Waals surface area contributed by atoms with Crippen molar-refractivity contribution in [3.63, 3.8) is 0 Å². The van der Waals surface area contributed by atoms with Crippen LogP contribution < -0.4 is 5.32 Å². The van der Waals surface area contributed by atoms with E-state index >= 15 is 0 Å². The van der Waals surface area contributed by atoms with Crippen molar-refractivity contribution in [2.24, 2.45) is 0 Å². The van der Waals surface area contributed by atoms with E-state index in [2.05, 4.69) is 27.5 Å². The molecular formula is C19H25N5O2S. The minimum absolute atomic E-state index is 0.173. The van der Waals surface area contributed by atoms with Crippen LogP contribution in [0.15, 0.2) is 18.3 Å². The first-order valence-corrected chi connectivity index (χ1v) is 10.3. The zero-order chi connectivity index (χ0) is 19.2. The third-order valence-corrected chi connectivity index (χ3v) is 5.39. The number of aryl methyl sites for hydroxylation is 1. The number of thioether (sulfide) groups is 1. The molecule has 0 saturated heterocycles. The summed E-state index contributed by atoms with van der Waals surface area (Å²) in [6.07, 6.45) is 6.05. The molecule has 27 heavy (non-hydrogen) atoms. The molecule has 1 amide bonds. The van der Waals surface area contributed by atoms with E-state index in [0.717, 1.165) is 59.8 Å². The zero-order valence-corrected chi connectivity index (χ0v) is 16.6. The van der Waals surface area contributed by atoms with Gasteiger partial charge in [-0.3, -0.25) is 19.4 Å². The van der Waals surface area contributed by atoms with Crippen LogP contribution in [-0.2, 0) is 11.3 Å². The predicted molar refractivity (Wildman–Crippen MR) is 109 cm³/mol. The molecule has 7 nitrogen and oxygen atoms in total. The van der Waals surface area contributed by atoms with E-state index in [1.807, 2.05) is 23.0 Å². The van der Waals surface area contributed by atoms with Crippen LogP contribution in [0.4, 0.5) is 0 Å². The predicted octanol–water partition coefficient (Wildman–Crippen LogP) is 3.50. The molecule has 144 valence electrons. The minimum Gasteiger partial charge on any atom is -0.351 e. The lowest BCUT2D eigenvalue weighted by atomic mass is 10.1. The Morgan fingerprint density at radius 1 is 1.15 bits per heavy atom. The second-order valence-corrected chi connectivity index (χ2v) is 7.78. The number of nitrogens with zero attached hydrogens (tertiary/aromatic N) is 3. The highest BCUT2D eigenvalue weighted by atomic mass is 32.2. The van der Waals surface area contributed by atoms with Gasteiger partial charge in [-0.15, -0.1) is 10.2 Å². The van der Waals surface area contributed by atoms with Gasteiger partial charge in [-0.25, -0.2) is 0 Å². The molecule has 1 aromatic carbocycles. The second-order valence-electron chi connectivity index (χ2n) is 6.51. The number of carbonyl (C=O) groups is 2. The third-order valence-electron chi connectivity index (χ3n) is 4.49. The Hall–Kier alpha value is -2.35. The van der Waals surface area contributed by atoms with E-state index in [1.165, 1.54) is 11.8 Å². The highest BCUT2D eigenvalue weighted by Gasteiger charge is 2.17. The zero-order valence-electron chi connectivity index (χ0n) is 15.7. The summed E-state index contributed by atoms with van der Waals surface area (Å²) in [7, 11) is 0. The molecule has 0 saturated carbocycles. The Labute approximate surface area is 162 Å². The van der Waals surface area contributed by atoms with Crippen LogP contribution in [0.3, 0.4) is 0 Å². The fourth-order valence-electron chi connectivity index (χ4n) is 3.05. The summed E-state index contributed by atoms with van der Waals surface area (Å²) in [5.74, 6) is 0.700. The van der Waals surface area contributed by atoms with Crippen LogP contribution in [0.1, 0.15) is 50.0 Å². The van der Waals surface area contributed by atoms with Crippen LogP contribution in [0.25, 0.3) is 21.8 Å². The van der Waals surface area contributed by atoms with Gasteiger partial charge >= 0.3 is 0 Å². The lowest BCUT2D eigenvalue weighted by Gasteiger charge is -2.03. The third kappa shape index (κ3) is 4.68. The smallest absolute Gasteiger partial charge is 0.272 e. The monoisotopic (exact) mass is 387 g/mol. The SMILES string of the molecule is CCn1cc2c(ccc3c(C(=O)NCCCCCCSC(C)=O)nnc32)[nH]1. The molecule has 0 atom stereocenters. The number of nitrogens with one attached hydrogen (secondary N) is 2. The number of hydrogen-bond donors (Lipinski definition) is 2. The highest BCUT2D eigenvalue weighted by Crippen LogP contribution is 2.25. The molecule has 0 unspecified atom stereocenters. The molecule has 0 spiro atoms. The Morgan fingerprint density at radius 3 is 2.74 bits per heavy atom. The number of aromatic amines is 1. The van der Waals surface area contributed by atoms with Crippen molar-refractivity contribution >= 4 is 44.6 Å². The summed E-state index contributed by atoms with van der Waals surface area (Å²) in [5, 5.41) is 16.5. The van der Waals surface area contributed by atoms with Gasteiger partial charge in [0.1, 0.15) is 5.52 Å². The van der Waals surface area contributed by atoms with E-state index in [9.17, 15) is 9.59 Å². The number of benzene rings is 1. The number of rotatable bonds is 9. The summed E-state index contributed by atoms with van der Waals surface area (Å²) in [5.41, 5.74) is 2.12. The van der Waals surface area contributed by atoms with Gasteiger partial charge in [0, 0.05) is 42.7 Å². The molecule has 0 aliphatic rings. The number of fused-ring (bicyclic) bond motifs is 3. The lowest BCUT2D eigenvalue weighted by molar-refractivity contribution is -0.109. The maximum Gasteiger partial charge on any atom is 0.272 e. The van der Waals surface area contributed by atoms with Gasteiger partial charge in [-0.1, -0.05) is 24.6 Å². The van der Waals surface area contributed by atoms with E-state index in [-0.39, 0.29) is 11.0 Å². The number of unbranched alkanes of at least 4 members (excludes halogenated alkanes) is 3. The molecule has 0 aliphatic heterocycles. The number of aromatic nitrogens is 4. The normalized spacial score (nSPS) is 11.3. The molecule has 2 aromatic heterocycles. The van der Waals surface area contributed by atoms with Crippen molar-refractivity contribution in [1.29, 1.82) is 0 Å². The van der Waals surface area contributed by atoms with Gasteiger partial charge in [0.25, 0.3) is 5.91 Å². The number of H-pyrrole nitrogens is 1. The molecule has 3 aromatic rings. The van der Waals surface area contributed by atoms with Crippen molar-refractivity contribution in [1.82, 2.24) is 25.3 Å². The first kappa shape index (κ1) is 19.4. The standard InChI is InChI=1S/C19H25N5O2S/c1-3-24-12-15-16(23-24)9-8-14-17(15)21-22-18(14)19(26)20-10-6-4-5-7-11-27-13(2)25/h8-9,12,23H,3-7,10-11H2,1-2H3,(H,20,26). The molecule has 8 heteroatoms. The summed E-state index contributed by atoms with van der Waals surface area (Å²) in [6.45, 7) is 5.11. The first-order chi connectivity index (χ1) is 13.1. The minimum atomic E-state index is -0.178. The summed E-state index contributed by atoms with van der Waals surface area (Å²) >= 11 is 1.38. The summed E-state index contributed by atoms with van der Waals surface area (Å²) in [4.78, 5) is 23.3. The topological polar surface area (TPSA) is 92.7 Å². The Bertz CT molecular complexity index is 946. The lowest BCUT2D eigenvalue weighted by Crippen LogP contribution is -2.25. The molecular weight excluding hydrogens is 362 g/mol. The average molecular weight is 388 g/mol. The first-order valence-electron chi connectivity index (χ1n) is 9.36. The molecule has 0 aliphatic carbocycles. The summed E-state index contributed by atoms with van der Waals surface area (Å²) in [6, 6.07) is 3.86. The van der Waals surface area contributed by atoms with Crippen LogP contribution in [0.2, 0.25) is 0 Å². The average Bonchev–Trinajstić information content (AvgIpc) is 3.26. The maximum atomic E-state index is 12.5. The molecule has 0 bridgehead atoms. The Kier molecular flexibility index (Phi) is 6.49. The maximum absolute atomic E-state index is 12.5. The molecule has 2 heterocycles. The van der Waals surface area contributed by atoms with Crippen molar-refractivity contribution in [2.45, 2.75) is 46.1 Å². The van der Waals surface area contributed by atoms with Crippen molar-refractivity contribution in [2.75, 3.05) is 12.3 Å². The molecule has 0 fully saturated rings. The van der Waals surface area contributed by atoms with Crippen molar-refractivity contribution in [3.05, 3.63) is 24.0 Å². The fraction of sp³-hybridized carbons (Fsp3) is 0.474. The van der Waals surface area contributed by atoms with E-state index in [4.69, 9.17) is 0 Å². The van der Waals surface area contributed by atoms with Crippen LogP contribution in [-0.4, -0.2) is 43.3 Å². The quantitative estimate of drug-likeness (QED) is 0.548. The van der Waals surface area contributed by atoms with E-state index < -0.39 is 0 Å². The fourth-order valence-corrected chi connectivity index (χ4v) is 3.69. The second kappa shape index (κ2) is 9.03. The van der Waals surface area contributed by atoms with Crippen LogP contribution in [0.5, 0.6) is 0 Å². The van der Waals surface area contributed by atoms with Gasteiger partial charge in [0.15, 0.2) is 10.8 Å². The van der Waals surface area contributed by atoms with Crippen molar-refractivity contribution in [3.8, 4) is 0 Å². The Balaban J connectivity index is 1.53. The Morgan fingerprint density at radius 2 is 1.96 bits per heavy atom. The molecule has 3 rings (SSSR count). The summed E-state index contributed by atoms with van der Waals surface area (Å²) < 4.78 is 1.98. The number of carbonyl (C=O) groups excluding carboxylic acids is 2. The number of amides is 1. The van der Waals surface area contributed by atoms with E-state index in [1.54, 1.807) is 6.92 Å². The number of hydrogen-bond acceptors (Lipinski definition) is 5. The van der Waals surface area contributed by atoms with Gasteiger partial charge in [0.05, 0.1) is 5.52 Å². The van der Waals surface area contributed by atoms with Crippen LogP contribution >= 0.6 is 11.8 Å². The molecule has 2 N–H and O–H groups in total. The van der Waals surface area contributed by atoms with Gasteiger partial charge in [-0.05, 0) is 31.9 Å². The largest absolute Gasteiger partial charge is 0.351 e. The van der Waals surface area contributed by atoms with Crippen LogP contribution in [0, 0.1) is 0 Å². The van der Waals surface area contributed by atoms with E-state index in [0.29, 0.717) is 12.2 Å². The van der Waals surface area contributed by atoms with Crippen molar-refractivity contribution < 1.29 is 9.59 Å². The van der Waals surface area contributed by atoms with Gasteiger partial charge < -0.3 is 5.32 Å².